The van der Waals surface area contributed by atoms with Gasteiger partial charge in [-0.25, -0.2) is 0 Å². The van der Waals surface area contributed by atoms with E-state index in [0.717, 1.165) is 94.1 Å². The summed E-state index contributed by atoms with van der Waals surface area (Å²) in [4.78, 5) is 191. The van der Waals surface area contributed by atoms with E-state index in [1.54, 1.807) is 0 Å². The Morgan fingerprint density at radius 1 is 0.227 bits per heavy atom. The third-order valence-electron chi connectivity index (χ3n) is 16.1. The maximum atomic E-state index is 12.3. The molecule has 51 heteroatoms. The molecule has 2 fully saturated rings. The Morgan fingerprint density at radius 3 is 0.647 bits per heavy atom. The van der Waals surface area contributed by atoms with Gasteiger partial charge in [-0.05, 0) is 97.4 Å². The minimum absolute atomic E-state index is 0.00634. The van der Waals surface area contributed by atoms with Crippen LogP contribution in [0.2, 0.25) is 0 Å². The van der Waals surface area contributed by atoms with Gasteiger partial charge in [-0.3, -0.25) is 76.7 Å². The predicted molar refractivity (Wildman–Crippen MR) is 424 cm³/mol. The molecular weight excluding hydrogens is 1760 g/mol. The Hall–Kier alpha value is -6.12. The van der Waals surface area contributed by atoms with Crippen molar-refractivity contribution in [2.24, 2.45) is 0 Å². The lowest BCUT2D eigenvalue weighted by Gasteiger charge is -2.50. The fourth-order valence-corrected chi connectivity index (χ4v) is 18.5. The van der Waals surface area contributed by atoms with Crippen LogP contribution in [0.1, 0.15) is 103 Å². The first-order valence-corrected chi connectivity index (χ1v) is 45.0. The zero-order chi connectivity index (χ0) is 89.1. The summed E-state index contributed by atoms with van der Waals surface area (Å²) < 4.78 is 73.1. The fourth-order valence-electron chi connectivity index (χ4n) is 10.7. The van der Waals surface area contributed by atoms with E-state index in [0.29, 0.717) is 0 Å². The van der Waals surface area contributed by atoms with Crippen molar-refractivity contribution >= 4 is 190 Å². The van der Waals surface area contributed by atoms with Gasteiger partial charge in [0.05, 0.1) is 71.2 Å². The summed E-state index contributed by atoms with van der Waals surface area (Å²) in [5.41, 5.74) is 0. The largest absolute Gasteiger partial charge is 0.481 e. The van der Waals surface area contributed by atoms with Gasteiger partial charge in [-0.15, -0.1) is 94.1 Å². The number of carboxylic acid groups (broad SMARTS) is 16. The second kappa shape index (κ2) is 62.1. The van der Waals surface area contributed by atoms with Gasteiger partial charge in [-0.2, -0.15) is 0 Å². The zero-order valence-corrected chi connectivity index (χ0v) is 70.4. The minimum atomic E-state index is -1.92. The average Bonchev–Trinajstić information content (AvgIpc) is 0.768. The van der Waals surface area contributed by atoms with Crippen molar-refractivity contribution in [1.29, 1.82) is 0 Å². The minimum Gasteiger partial charge on any atom is -0.481 e. The molecule has 18 atom stereocenters. The first kappa shape index (κ1) is 109. The first-order chi connectivity index (χ1) is 56.3. The van der Waals surface area contributed by atoms with E-state index in [1.807, 2.05) is 0 Å². The summed E-state index contributed by atoms with van der Waals surface area (Å²) in [6.45, 7) is -3.83. The average molecular weight is 1860 g/mol. The van der Waals surface area contributed by atoms with Crippen LogP contribution in [0.25, 0.3) is 0 Å². The standard InChI is InChI=1S/C68H102O43S8/c69-45(70)25-37(59(85)86)112-17-1-9-101-33-35-53(103-11-3-19-114-39(61(89)90)27-47(73)74)55(104-12-4-20-115-40(62(91)92)28-48(75)76)58(107-15-7-23-118-43(65(97)98)31-51(81)82)68(110-35)111-54-36(34-102-10-2-18-113-38(60(87)88)26-46(71)72)109-67(108-16-8-24-119-44(66(99)100)32-52(83)84)57(106-14-6-22-117-42(64(95)96)30-50(79)80)56(54)105-13-5-21-116-41(63(93)94)29-49(77)78/h35-44,53-58,67-68H,1-34H2,(H,69,70)(H,71,72)(H,73,74)(H,75,76)(H,77,78)(H,79,80)(H,81,82)(H,83,84)(H,85,86)(H,87,88)(H,89,90)(H,91,92)(H,93,94)(H,95,96)(H,97,98)(H,99,100)/t35-,36-,37?,38?,39?,40?,41?,42?,43?,44?,53-,54-,55+,56+,57-,58-,67-,68-/m1/s1. The van der Waals surface area contributed by atoms with Crippen molar-refractivity contribution in [3.63, 3.8) is 0 Å². The molecule has 2 heterocycles. The predicted octanol–water partition coefficient (Wildman–Crippen LogP) is 3.21. The first-order valence-electron chi connectivity index (χ1n) is 36.6. The van der Waals surface area contributed by atoms with Crippen LogP contribution in [0, 0.1) is 0 Å². The molecule has 43 nitrogen and oxygen atoms in total. The van der Waals surface area contributed by atoms with Gasteiger partial charge in [0, 0.05) is 46.2 Å². The van der Waals surface area contributed by atoms with Crippen molar-refractivity contribution in [2.45, 2.75) is 206 Å². The molecule has 0 aliphatic carbocycles. The van der Waals surface area contributed by atoms with Gasteiger partial charge in [0.15, 0.2) is 12.6 Å². The number of ether oxygens (including phenoxy) is 11. The van der Waals surface area contributed by atoms with Crippen LogP contribution in [0.5, 0.6) is 0 Å². The van der Waals surface area contributed by atoms with Gasteiger partial charge in [-0.1, -0.05) is 0 Å². The normalized spacial score (nSPS) is 21.2. The molecule has 0 saturated carbocycles. The molecule has 2 aliphatic heterocycles. The number of thioether (sulfide) groups is 8. The van der Waals surface area contributed by atoms with Crippen LogP contribution >= 0.6 is 94.1 Å². The van der Waals surface area contributed by atoms with Crippen LogP contribution in [0.4, 0.5) is 0 Å². The lowest BCUT2D eigenvalue weighted by atomic mass is 9.96. The molecule has 2 aliphatic rings. The zero-order valence-electron chi connectivity index (χ0n) is 63.9. The van der Waals surface area contributed by atoms with Gasteiger partial charge in [0.2, 0.25) is 0 Å². The number of carbonyl (C=O) groups is 16. The fraction of sp³-hybridized carbons (Fsp3) is 0.765. The summed E-state index contributed by atoms with van der Waals surface area (Å²) in [7, 11) is 0. The van der Waals surface area contributed by atoms with Gasteiger partial charge in [0.1, 0.15) is 90.8 Å². The summed E-state index contributed by atoms with van der Waals surface area (Å²) in [6.07, 6.45) is -22.9. The highest BCUT2D eigenvalue weighted by Gasteiger charge is 2.55. The summed E-state index contributed by atoms with van der Waals surface area (Å²) in [5, 5.41) is 143. The Bertz CT molecular complexity index is 3200. The lowest BCUT2D eigenvalue weighted by Crippen LogP contribution is -2.66. The Labute approximate surface area is 714 Å². The summed E-state index contributed by atoms with van der Waals surface area (Å²) in [5.74, 6) is -23.6. The Balaban J connectivity index is 3.28. The van der Waals surface area contributed by atoms with Crippen LogP contribution in [0.15, 0.2) is 0 Å². The van der Waals surface area contributed by atoms with Crippen molar-refractivity contribution in [3.8, 4) is 0 Å². The maximum absolute atomic E-state index is 12.3. The highest BCUT2D eigenvalue weighted by molar-refractivity contribution is 8.02. The van der Waals surface area contributed by atoms with Crippen molar-refractivity contribution in [3.05, 3.63) is 0 Å². The molecule has 0 amide bonds. The second-order valence-electron chi connectivity index (χ2n) is 25.6. The SMILES string of the molecule is O=C(O)CC(SCCCOC[C@H]1O[C@H](O[C@H]2[C@H](OCCCSC(CC(=O)O)C(=O)O)[C@@H](OCCCSC(CC(=O)O)C(=O)O)[C@H](OCCCSC(CC(=O)O)C(=O)O)O[C@@H]2COCCCSC(CC(=O)O)C(=O)O)[C@H](OCCCSC(CC(=O)O)C(=O)O)[C@@H](OCCCSC(CC(=O)O)C(=O)O)[C@@H]1OCCCSC(CC(=O)O)C(=O)O)C(=O)O. The van der Waals surface area contributed by atoms with Gasteiger partial charge >= 0.3 is 95.5 Å². The molecule has 0 aromatic heterocycles. The van der Waals surface area contributed by atoms with E-state index >= 15 is 0 Å². The third kappa shape index (κ3) is 47.9. The van der Waals surface area contributed by atoms with E-state index in [1.165, 1.54) is 0 Å². The number of hydrogen-bond acceptors (Lipinski definition) is 35. The van der Waals surface area contributed by atoms with Crippen LogP contribution < -0.4 is 0 Å². The number of aliphatic carboxylic acids is 16. The van der Waals surface area contributed by atoms with Crippen LogP contribution in [-0.4, -0.2) is 393 Å². The molecule has 2 rings (SSSR count). The van der Waals surface area contributed by atoms with E-state index < -0.39 is 277 Å². The number of carboxylic acids is 16. The third-order valence-corrected chi connectivity index (χ3v) is 26.5. The number of hydrogen-bond donors (Lipinski definition) is 16. The molecule has 0 bridgehead atoms. The molecule has 8 unspecified atom stereocenters. The Morgan fingerprint density at radius 2 is 0.412 bits per heavy atom. The molecule has 0 aromatic carbocycles. The molecule has 119 heavy (non-hydrogen) atoms. The van der Waals surface area contributed by atoms with E-state index in [2.05, 4.69) is 0 Å². The quantitative estimate of drug-likeness (QED) is 0.0389. The van der Waals surface area contributed by atoms with E-state index in [9.17, 15) is 158 Å². The highest BCUT2D eigenvalue weighted by atomic mass is 32.2. The summed E-state index contributed by atoms with van der Waals surface area (Å²) in [6, 6.07) is 0. The number of rotatable bonds is 76. The molecule has 0 radical (unpaired) electrons. The van der Waals surface area contributed by atoms with Crippen LogP contribution in [0.3, 0.4) is 0 Å². The van der Waals surface area contributed by atoms with Crippen molar-refractivity contribution in [1.82, 2.24) is 0 Å². The lowest BCUT2D eigenvalue weighted by molar-refractivity contribution is -0.374. The van der Waals surface area contributed by atoms with Gasteiger partial charge in [0.25, 0.3) is 0 Å². The summed E-state index contributed by atoms with van der Waals surface area (Å²) >= 11 is 5.99. The highest BCUT2D eigenvalue weighted by Crippen LogP contribution is 2.37. The monoisotopic (exact) mass is 1860 g/mol. The maximum Gasteiger partial charge on any atom is 0.317 e. The van der Waals surface area contributed by atoms with E-state index in [-0.39, 0.29) is 137 Å². The molecular formula is C68H102O43S8. The van der Waals surface area contributed by atoms with Gasteiger partial charge < -0.3 is 134 Å². The second-order valence-corrected chi connectivity index (χ2v) is 36.1. The molecule has 2 saturated heterocycles. The van der Waals surface area contributed by atoms with E-state index in [4.69, 9.17) is 52.1 Å². The van der Waals surface area contributed by atoms with Crippen LogP contribution in [-0.2, 0) is 129 Å². The topological polar surface area (TPSA) is 698 Å². The molecule has 16 N–H and O–H groups in total. The smallest absolute Gasteiger partial charge is 0.317 e. The molecule has 680 valence electrons. The Kier molecular flexibility index (Phi) is 56.8. The molecule has 0 spiro atoms. The molecule has 0 aromatic rings. The van der Waals surface area contributed by atoms with Crippen molar-refractivity contribution in [2.75, 3.05) is 112 Å². The van der Waals surface area contributed by atoms with Crippen molar-refractivity contribution < 1.29 is 211 Å².